The maximum atomic E-state index is 6.23. The minimum Gasteiger partial charge on any atom is -0.497 e. The lowest BCUT2D eigenvalue weighted by Crippen LogP contribution is -2.16. The molecule has 106 valence electrons. The highest BCUT2D eigenvalue weighted by Crippen LogP contribution is 2.23. The van der Waals surface area contributed by atoms with Gasteiger partial charge in [-0.15, -0.1) is 0 Å². The molecule has 0 N–H and O–H groups in total. The fourth-order valence-corrected chi connectivity index (χ4v) is 1.69. The van der Waals surface area contributed by atoms with Gasteiger partial charge in [0.2, 0.25) is 5.84 Å². The number of hydrogen-bond donors (Lipinski definition) is 0. The molecular formula is C13H15ClN4O2. The van der Waals surface area contributed by atoms with Crippen molar-refractivity contribution in [2.75, 3.05) is 7.11 Å². The van der Waals surface area contributed by atoms with E-state index in [0.717, 1.165) is 0 Å². The molecule has 0 radical (unpaired) electrons. The maximum Gasteiger partial charge on any atom is 0.202 e. The third-order valence-electron chi connectivity index (χ3n) is 2.40. The van der Waals surface area contributed by atoms with Crippen LogP contribution in [0.5, 0.6) is 5.75 Å². The van der Waals surface area contributed by atoms with Gasteiger partial charge < -0.3 is 9.57 Å². The molecule has 2 rings (SSSR count). The van der Waals surface area contributed by atoms with E-state index in [0.29, 0.717) is 22.2 Å². The van der Waals surface area contributed by atoms with Crippen LogP contribution in [-0.4, -0.2) is 33.8 Å². The molecule has 0 unspecified atom stereocenters. The Morgan fingerprint density at radius 1 is 1.40 bits per heavy atom. The summed E-state index contributed by atoms with van der Waals surface area (Å²) in [5.41, 5.74) is 0.650. The zero-order chi connectivity index (χ0) is 14.5. The lowest BCUT2D eigenvalue weighted by atomic mass is 10.2. The number of nitrogens with zero attached hydrogens (tertiary/aromatic N) is 4. The van der Waals surface area contributed by atoms with Crippen molar-refractivity contribution >= 4 is 17.4 Å². The summed E-state index contributed by atoms with van der Waals surface area (Å²) in [7, 11) is 1.59. The van der Waals surface area contributed by atoms with Crippen LogP contribution < -0.4 is 4.74 Å². The van der Waals surface area contributed by atoms with E-state index in [1.807, 2.05) is 13.8 Å². The molecule has 20 heavy (non-hydrogen) atoms. The summed E-state index contributed by atoms with van der Waals surface area (Å²) in [4.78, 5) is 9.22. The number of halogens is 1. The summed E-state index contributed by atoms with van der Waals surface area (Å²) in [5.74, 6) is 1.11. The van der Waals surface area contributed by atoms with E-state index in [-0.39, 0.29) is 6.10 Å². The Morgan fingerprint density at radius 3 is 2.80 bits per heavy atom. The highest BCUT2D eigenvalue weighted by atomic mass is 35.5. The lowest BCUT2D eigenvalue weighted by Gasteiger charge is -2.11. The molecule has 0 aliphatic rings. The van der Waals surface area contributed by atoms with Gasteiger partial charge in [-0.3, -0.25) is 0 Å². The maximum absolute atomic E-state index is 6.23. The molecular weight excluding hydrogens is 280 g/mol. The van der Waals surface area contributed by atoms with Crippen molar-refractivity contribution in [3.8, 4) is 5.75 Å². The van der Waals surface area contributed by atoms with Gasteiger partial charge >= 0.3 is 0 Å². The van der Waals surface area contributed by atoms with Crippen LogP contribution in [0.2, 0.25) is 5.02 Å². The van der Waals surface area contributed by atoms with Crippen molar-refractivity contribution in [1.29, 1.82) is 0 Å². The summed E-state index contributed by atoms with van der Waals surface area (Å²) < 4.78 is 6.69. The fraction of sp³-hybridized carbons (Fsp3) is 0.308. The van der Waals surface area contributed by atoms with Crippen LogP contribution in [-0.2, 0) is 4.84 Å². The number of oxime groups is 1. The summed E-state index contributed by atoms with van der Waals surface area (Å²) in [6, 6.07) is 5.28. The first-order valence-corrected chi connectivity index (χ1v) is 6.42. The van der Waals surface area contributed by atoms with E-state index in [2.05, 4.69) is 15.2 Å². The Hall–Kier alpha value is -2.08. The van der Waals surface area contributed by atoms with Crippen molar-refractivity contribution in [3.63, 3.8) is 0 Å². The molecule has 0 bridgehead atoms. The Bertz CT molecular complexity index is 596. The predicted octanol–water partition coefficient (Wildman–Crippen LogP) is 2.58. The Morgan fingerprint density at radius 2 is 2.20 bits per heavy atom. The van der Waals surface area contributed by atoms with E-state index in [9.17, 15) is 0 Å². The molecule has 2 aromatic rings. The zero-order valence-electron chi connectivity index (χ0n) is 11.4. The molecule has 0 saturated heterocycles. The van der Waals surface area contributed by atoms with Crippen LogP contribution in [0.15, 0.2) is 36.0 Å². The second-order valence-electron chi connectivity index (χ2n) is 4.25. The van der Waals surface area contributed by atoms with Gasteiger partial charge in [0.05, 0.1) is 12.1 Å². The van der Waals surface area contributed by atoms with E-state index >= 15 is 0 Å². The number of methoxy groups -OCH3 is 1. The van der Waals surface area contributed by atoms with E-state index in [1.165, 1.54) is 17.3 Å². The van der Waals surface area contributed by atoms with Gasteiger partial charge in [0.15, 0.2) is 0 Å². The third kappa shape index (κ3) is 3.27. The van der Waals surface area contributed by atoms with Crippen molar-refractivity contribution in [1.82, 2.24) is 14.8 Å². The second kappa shape index (κ2) is 6.38. The smallest absolute Gasteiger partial charge is 0.202 e. The molecule has 0 amide bonds. The molecule has 0 saturated carbocycles. The predicted molar refractivity (Wildman–Crippen MR) is 76.2 cm³/mol. The highest BCUT2D eigenvalue weighted by molar-refractivity contribution is 6.34. The second-order valence-corrected chi connectivity index (χ2v) is 4.66. The van der Waals surface area contributed by atoms with Crippen molar-refractivity contribution in [3.05, 3.63) is 41.4 Å². The summed E-state index contributed by atoms with van der Waals surface area (Å²) in [5, 5.41) is 8.69. The molecule has 1 aromatic carbocycles. The van der Waals surface area contributed by atoms with Gasteiger partial charge in [-0.25, -0.2) is 4.98 Å². The van der Waals surface area contributed by atoms with Crippen LogP contribution in [0.25, 0.3) is 0 Å². The van der Waals surface area contributed by atoms with Crippen molar-refractivity contribution in [2.24, 2.45) is 5.16 Å². The normalized spacial score (nSPS) is 11.8. The van der Waals surface area contributed by atoms with Gasteiger partial charge in [-0.2, -0.15) is 9.78 Å². The Labute approximate surface area is 122 Å². The quantitative estimate of drug-likeness (QED) is 0.494. The summed E-state index contributed by atoms with van der Waals surface area (Å²) in [6.45, 7) is 3.77. The molecule has 7 heteroatoms. The number of hydrogen-bond acceptors (Lipinski definition) is 5. The first kappa shape index (κ1) is 14.3. The number of aromatic nitrogens is 3. The standard InChI is InChI=1S/C13H15ClN4O2/c1-9(2)20-17-13(18-8-15-7-16-18)11-6-10(19-3)4-5-12(11)14/h4-9H,1-3H3/b17-13+. The highest BCUT2D eigenvalue weighted by Gasteiger charge is 2.14. The first-order chi connectivity index (χ1) is 9.61. The van der Waals surface area contributed by atoms with Crippen molar-refractivity contribution < 1.29 is 9.57 Å². The van der Waals surface area contributed by atoms with Crippen molar-refractivity contribution in [2.45, 2.75) is 20.0 Å². The third-order valence-corrected chi connectivity index (χ3v) is 2.73. The monoisotopic (exact) mass is 294 g/mol. The lowest BCUT2D eigenvalue weighted by molar-refractivity contribution is 0.0851. The SMILES string of the molecule is COc1ccc(Cl)c(/C(=N\OC(C)C)n2cncn2)c1. The zero-order valence-corrected chi connectivity index (χ0v) is 12.2. The largest absolute Gasteiger partial charge is 0.497 e. The average molecular weight is 295 g/mol. The number of rotatable bonds is 4. The van der Waals surface area contributed by atoms with Gasteiger partial charge in [-0.05, 0) is 32.0 Å². The van der Waals surface area contributed by atoms with Gasteiger partial charge in [0.25, 0.3) is 0 Å². The molecule has 0 fully saturated rings. The van der Waals surface area contributed by atoms with E-state index in [4.69, 9.17) is 21.2 Å². The topological polar surface area (TPSA) is 61.5 Å². The fourth-order valence-electron chi connectivity index (χ4n) is 1.49. The van der Waals surface area contributed by atoms with Gasteiger partial charge in [-0.1, -0.05) is 16.8 Å². The van der Waals surface area contributed by atoms with Gasteiger partial charge in [0.1, 0.15) is 24.5 Å². The molecule has 0 aliphatic carbocycles. The molecule has 0 aliphatic heterocycles. The Kier molecular flexibility index (Phi) is 4.57. The minimum absolute atomic E-state index is 0.0575. The van der Waals surface area contributed by atoms with E-state index < -0.39 is 0 Å². The average Bonchev–Trinajstić information content (AvgIpc) is 2.94. The van der Waals surface area contributed by atoms with Crippen LogP contribution in [0.3, 0.4) is 0 Å². The van der Waals surface area contributed by atoms with Crippen LogP contribution in [0, 0.1) is 0 Å². The number of ether oxygens (including phenoxy) is 1. The molecule has 1 heterocycles. The minimum atomic E-state index is -0.0575. The Balaban J connectivity index is 2.49. The molecule has 0 spiro atoms. The van der Waals surface area contributed by atoms with E-state index in [1.54, 1.807) is 25.3 Å². The number of benzene rings is 1. The molecule has 6 nitrogen and oxygen atoms in total. The van der Waals surface area contributed by atoms with Crippen LogP contribution in [0.1, 0.15) is 19.4 Å². The molecule has 0 atom stereocenters. The first-order valence-electron chi connectivity index (χ1n) is 6.04. The summed E-state index contributed by atoms with van der Waals surface area (Å²) >= 11 is 6.23. The summed E-state index contributed by atoms with van der Waals surface area (Å²) in [6.07, 6.45) is 2.88. The van der Waals surface area contributed by atoms with Crippen LogP contribution >= 0.6 is 11.6 Å². The molecule has 1 aromatic heterocycles. The van der Waals surface area contributed by atoms with Gasteiger partial charge in [0, 0.05) is 5.56 Å². The van der Waals surface area contributed by atoms with Crippen LogP contribution in [0.4, 0.5) is 0 Å².